The van der Waals surface area contributed by atoms with Gasteiger partial charge in [-0.2, -0.15) is 0 Å². The first kappa shape index (κ1) is 12.1. The number of aryl methyl sites for hydroxylation is 1. The van der Waals surface area contributed by atoms with Crippen molar-refractivity contribution in [3.63, 3.8) is 0 Å². The van der Waals surface area contributed by atoms with E-state index >= 15 is 0 Å². The molecule has 1 heterocycles. The summed E-state index contributed by atoms with van der Waals surface area (Å²) in [5, 5.41) is 6.01. The van der Waals surface area contributed by atoms with E-state index in [9.17, 15) is 4.79 Å². The van der Waals surface area contributed by atoms with Gasteiger partial charge in [-0.05, 0) is 24.1 Å². The zero-order chi connectivity index (χ0) is 12.1. The molecule has 1 fully saturated rings. The lowest BCUT2D eigenvalue weighted by molar-refractivity contribution is -0.120. The normalized spacial score (nSPS) is 19.9. The van der Waals surface area contributed by atoms with Crippen LogP contribution in [0.15, 0.2) is 24.3 Å². The molecule has 1 amide bonds. The summed E-state index contributed by atoms with van der Waals surface area (Å²) in [5.41, 5.74) is 2.10. The van der Waals surface area contributed by atoms with Crippen LogP contribution in [0.2, 0.25) is 0 Å². The maximum absolute atomic E-state index is 11.9. The standard InChI is InChI=1S/C13H18N2O2/c1-2-10-3-5-11(6-4-10)15-13(16)12-9-17-8-7-14-12/h3-6,12,14H,2,7-9H2,1H3,(H,15,16). The summed E-state index contributed by atoms with van der Waals surface area (Å²) >= 11 is 0. The van der Waals surface area contributed by atoms with Gasteiger partial charge in [0, 0.05) is 12.2 Å². The van der Waals surface area contributed by atoms with Gasteiger partial charge in [0.25, 0.3) is 0 Å². The van der Waals surface area contributed by atoms with Crippen LogP contribution in [-0.4, -0.2) is 31.7 Å². The molecule has 1 aliphatic rings. The number of morpholine rings is 1. The van der Waals surface area contributed by atoms with E-state index in [4.69, 9.17) is 4.74 Å². The summed E-state index contributed by atoms with van der Waals surface area (Å²) < 4.78 is 5.25. The fourth-order valence-electron chi connectivity index (χ4n) is 1.79. The predicted octanol–water partition coefficient (Wildman–Crippen LogP) is 1.18. The van der Waals surface area contributed by atoms with E-state index in [0.717, 1.165) is 18.7 Å². The molecule has 1 saturated heterocycles. The van der Waals surface area contributed by atoms with Gasteiger partial charge < -0.3 is 15.4 Å². The van der Waals surface area contributed by atoms with Crippen molar-refractivity contribution in [2.75, 3.05) is 25.1 Å². The van der Waals surface area contributed by atoms with E-state index in [0.29, 0.717) is 13.2 Å². The number of rotatable bonds is 3. The second-order valence-corrected chi connectivity index (χ2v) is 4.12. The minimum atomic E-state index is -0.241. The second kappa shape index (κ2) is 5.80. The smallest absolute Gasteiger partial charge is 0.243 e. The molecule has 1 aliphatic heterocycles. The average Bonchev–Trinajstić information content (AvgIpc) is 2.40. The number of hydrogen-bond donors (Lipinski definition) is 2. The van der Waals surface area contributed by atoms with Crippen molar-refractivity contribution >= 4 is 11.6 Å². The van der Waals surface area contributed by atoms with Crippen molar-refractivity contribution in [2.45, 2.75) is 19.4 Å². The third kappa shape index (κ3) is 3.28. The Labute approximate surface area is 101 Å². The molecular weight excluding hydrogens is 216 g/mol. The molecule has 1 aromatic rings. The van der Waals surface area contributed by atoms with E-state index in [2.05, 4.69) is 17.6 Å². The molecule has 2 rings (SSSR count). The lowest BCUT2D eigenvalue weighted by atomic mass is 10.1. The fraction of sp³-hybridized carbons (Fsp3) is 0.462. The first-order valence-corrected chi connectivity index (χ1v) is 6.00. The Morgan fingerprint density at radius 3 is 2.82 bits per heavy atom. The highest BCUT2D eigenvalue weighted by Crippen LogP contribution is 2.10. The van der Waals surface area contributed by atoms with Gasteiger partial charge in [0.1, 0.15) is 6.04 Å². The molecular formula is C13H18N2O2. The van der Waals surface area contributed by atoms with Gasteiger partial charge in [0.15, 0.2) is 0 Å². The Balaban J connectivity index is 1.92. The van der Waals surface area contributed by atoms with Crippen molar-refractivity contribution in [1.29, 1.82) is 0 Å². The van der Waals surface area contributed by atoms with E-state index in [1.165, 1.54) is 5.56 Å². The SMILES string of the molecule is CCc1ccc(NC(=O)C2COCCN2)cc1. The third-order valence-electron chi connectivity index (χ3n) is 2.87. The Morgan fingerprint density at radius 2 is 2.24 bits per heavy atom. The molecule has 0 aliphatic carbocycles. The largest absolute Gasteiger partial charge is 0.378 e. The van der Waals surface area contributed by atoms with Crippen molar-refractivity contribution in [1.82, 2.24) is 5.32 Å². The molecule has 4 nitrogen and oxygen atoms in total. The highest BCUT2D eigenvalue weighted by molar-refractivity contribution is 5.95. The number of benzene rings is 1. The molecule has 92 valence electrons. The molecule has 17 heavy (non-hydrogen) atoms. The van der Waals surface area contributed by atoms with Gasteiger partial charge in [0.05, 0.1) is 13.2 Å². The maximum Gasteiger partial charge on any atom is 0.243 e. The average molecular weight is 234 g/mol. The van der Waals surface area contributed by atoms with Crippen LogP contribution in [0.4, 0.5) is 5.69 Å². The van der Waals surface area contributed by atoms with Crippen LogP contribution >= 0.6 is 0 Å². The van der Waals surface area contributed by atoms with Crippen molar-refractivity contribution in [2.24, 2.45) is 0 Å². The third-order valence-corrected chi connectivity index (χ3v) is 2.87. The van der Waals surface area contributed by atoms with Gasteiger partial charge in [-0.1, -0.05) is 19.1 Å². The number of amides is 1. The Hall–Kier alpha value is -1.39. The molecule has 0 aromatic heterocycles. The van der Waals surface area contributed by atoms with Crippen LogP contribution in [0.5, 0.6) is 0 Å². The van der Waals surface area contributed by atoms with Gasteiger partial charge in [-0.3, -0.25) is 4.79 Å². The zero-order valence-electron chi connectivity index (χ0n) is 10.0. The number of ether oxygens (including phenoxy) is 1. The van der Waals surface area contributed by atoms with Crippen LogP contribution in [0.25, 0.3) is 0 Å². The number of carbonyl (C=O) groups excluding carboxylic acids is 1. The second-order valence-electron chi connectivity index (χ2n) is 4.12. The monoisotopic (exact) mass is 234 g/mol. The molecule has 0 radical (unpaired) electrons. The van der Waals surface area contributed by atoms with Crippen LogP contribution < -0.4 is 10.6 Å². The van der Waals surface area contributed by atoms with Gasteiger partial charge in [-0.25, -0.2) is 0 Å². The first-order chi connectivity index (χ1) is 8.29. The predicted molar refractivity (Wildman–Crippen MR) is 67.1 cm³/mol. The van der Waals surface area contributed by atoms with E-state index in [1.54, 1.807) is 0 Å². The number of nitrogens with one attached hydrogen (secondary N) is 2. The number of carbonyl (C=O) groups is 1. The summed E-state index contributed by atoms with van der Waals surface area (Å²) in [7, 11) is 0. The quantitative estimate of drug-likeness (QED) is 0.825. The van der Waals surface area contributed by atoms with Crippen LogP contribution in [-0.2, 0) is 16.0 Å². The van der Waals surface area contributed by atoms with E-state index in [-0.39, 0.29) is 11.9 Å². The van der Waals surface area contributed by atoms with Crippen LogP contribution in [0.1, 0.15) is 12.5 Å². The molecule has 0 saturated carbocycles. The first-order valence-electron chi connectivity index (χ1n) is 6.00. The van der Waals surface area contributed by atoms with E-state index < -0.39 is 0 Å². The Bertz CT molecular complexity index is 370. The number of hydrogen-bond acceptors (Lipinski definition) is 3. The summed E-state index contributed by atoms with van der Waals surface area (Å²) in [6.45, 7) is 3.96. The zero-order valence-corrected chi connectivity index (χ0v) is 10.0. The molecule has 1 aromatic carbocycles. The fourth-order valence-corrected chi connectivity index (χ4v) is 1.79. The minimum Gasteiger partial charge on any atom is -0.378 e. The van der Waals surface area contributed by atoms with Crippen molar-refractivity contribution in [3.8, 4) is 0 Å². The summed E-state index contributed by atoms with van der Waals surface area (Å²) in [6, 6.07) is 7.68. The summed E-state index contributed by atoms with van der Waals surface area (Å²) in [4.78, 5) is 11.9. The van der Waals surface area contributed by atoms with Crippen molar-refractivity contribution in [3.05, 3.63) is 29.8 Å². The molecule has 0 spiro atoms. The van der Waals surface area contributed by atoms with Crippen molar-refractivity contribution < 1.29 is 9.53 Å². The van der Waals surface area contributed by atoms with Gasteiger partial charge in [0.2, 0.25) is 5.91 Å². The lowest BCUT2D eigenvalue weighted by Crippen LogP contribution is -2.48. The highest BCUT2D eigenvalue weighted by atomic mass is 16.5. The Kier molecular flexibility index (Phi) is 4.12. The molecule has 1 atom stereocenters. The van der Waals surface area contributed by atoms with E-state index in [1.807, 2.05) is 24.3 Å². The minimum absolute atomic E-state index is 0.0334. The lowest BCUT2D eigenvalue weighted by Gasteiger charge is -2.22. The summed E-state index contributed by atoms with van der Waals surface area (Å²) in [6.07, 6.45) is 1.01. The molecule has 4 heteroatoms. The molecule has 1 unspecified atom stereocenters. The van der Waals surface area contributed by atoms with Gasteiger partial charge >= 0.3 is 0 Å². The number of anilines is 1. The maximum atomic E-state index is 11.9. The van der Waals surface area contributed by atoms with Crippen LogP contribution in [0.3, 0.4) is 0 Å². The highest BCUT2D eigenvalue weighted by Gasteiger charge is 2.20. The molecule has 2 N–H and O–H groups in total. The van der Waals surface area contributed by atoms with Crippen LogP contribution in [0, 0.1) is 0 Å². The molecule has 0 bridgehead atoms. The summed E-state index contributed by atoms with van der Waals surface area (Å²) in [5.74, 6) is -0.0334. The topological polar surface area (TPSA) is 50.4 Å². The van der Waals surface area contributed by atoms with Gasteiger partial charge in [-0.15, -0.1) is 0 Å². The Morgan fingerprint density at radius 1 is 1.47 bits per heavy atom.